The van der Waals surface area contributed by atoms with Crippen molar-refractivity contribution in [2.75, 3.05) is 6.54 Å². The first-order chi connectivity index (χ1) is 10.1. The van der Waals surface area contributed by atoms with E-state index in [1.807, 2.05) is 12.1 Å². The number of carbonyl (C=O) groups excluding carboxylic acids is 1. The molecule has 0 spiro atoms. The van der Waals surface area contributed by atoms with E-state index in [4.69, 9.17) is 11.6 Å². The van der Waals surface area contributed by atoms with Crippen LogP contribution in [0.5, 0.6) is 0 Å². The summed E-state index contributed by atoms with van der Waals surface area (Å²) >= 11 is 9.52. The normalized spacial score (nSPS) is 29.1. The van der Waals surface area contributed by atoms with Gasteiger partial charge in [0.1, 0.15) is 0 Å². The fourth-order valence-corrected chi connectivity index (χ4v) is 4.87. The molecule has 0 N–H and O–H groups in total. The highest BCUT2D eigenvalue weighted by atomic mass is 79.9. The average molecular weight is 371 g/mol. The molecule has 3 atom stereocenters. The highest BCUT2D eigenvalue weighted by Crippen LogP contribution is 2.39. The molecule has 1 amide bonds. The van der Waals surface area contributed by atoms with Crippen molar-refractivity contribution in [2.45, 2.75) is 45.1 Å². The van der Waals surface area contributed by atoms with Gasteiger partial charge in [-0.15, -0.1) is 0 Å². The Hall–Kier alpha value is -0.540. The van der Waals surface area contributed by atoms with Crippen LogP contribution < -0.4 is 0 Å². The second-order valence-corrected chi connectivity index (χ2v) is 7.79. The highest BCUT2D eigenvalue weighted by Gasteiger charge is 2.39. The molecule has 1 heterocycles. The zero-order chi connectivity index (χ0) is 15.0. The van der Waals surface area contributed by atoms with Crippen LogP contribution in [0.15, 0.2) is 22.7 Å². The standard InChI is InChI=1S/C17H21BrClNO/c1-11-6-7-20(16-5-3-2-4-15(11)16)17(21)12-8-13(18)10-14(19)9-12/h8-11,15-16H,2-7H2,1H3. The van der Waals surface area contributed by atoms with Gasteiger partial charge in [-0.1, -0.05) is 47.3 Å². The summed E-state index contributed by atoms with van der Waals surface area (Å²) in [5, 5.41) is 0.610. The Labute approximate surface area is 140 Å². The number of rotatable bonds is 1. The number of nitrogens with zero attached hydrogens (tertiary/aromatic N) is 1. The van der Waals surface area contributed by atoms with Crippen molar-refractivity contribution in [3.8, 4) is 0 Å². The molecule has 1 aliphatic heterocycles. The van der Waals surface area contributed by atoms with Crippen LogP contribution in [-0.2, 0) is 0 Å². The van der Waals surface area contributed by atoms with Gasteiger partial charge in [0.15, 0.2) is 0 Å². The molecule has 1 aliphatic carbocycles. The monoisotopic (exact) mass is 369 g/mol. The van der Waals surface area contributed by atoms with E-state index >= 15 is 0 Å². The fourth-order valence-electron chi connectivity index (χ4n) is 4.01. The third-order valence-corrected chi connectivity index (χ3v) is 5.78. The summed E-state index contributed by atoms with van der Waals surface area (Å²) < 4.78 is 0.865. The van der Waals surface area contributed by atoms with Gasteiger partial charge in [-0.2, -0.15) is 0 Å². The lowest BCUT2D eigenvalue weighted by atomic mass is 9.72. The first kappa shape index (κ1) is 15.4. The summed E-state index contributed by atoms with van der Waals surface area (Å²) in [4.78, 5) is 15.0. The summed E-state index contributed by atoms with van der Waals surface area (Å²) in [5.41, 5.74) is 0.702. The Morgan fingerprint density at radius 3 is 2.76 bits per heavy atom. The molecule has 0 bridgehead atoms. The van der Waals surface area contributed by atoms with Crippen LogP contribution in [0.4, 0.5) is 0 Å². The lowest BCUT2D eigenvalue weighted by Crippen LogP contribution is -2.52. The largest absolute Gasteiger partial charge is 0.335 e. The van der Waals surface area contributed by atoms with E-state index < -0.39 is 0 Å². The number of benzene rings is 1. The Bertz CT molecular complexity index is 527. The van der Waals surface area contributed by atoms with E-state index in [1.165, 1.54) is 19.3 Å². The van der Waals surface area contributed by atoms with Crippen LogP contribution in [0, 0.1) is 11.8 Å². The Balaban J connectivity index is 1.86. The van der Waals surface area contributed by atoms with Gasteiger partial charge in [-0.05, 0) is 49.3 Å². The molecule has 0 aromatic heterocycles. The number of halogens is 2. The molecule has 4 heteroatoms. The van der Waals surface area contributed by atoms with Crippen LogP contribution in [0.1, 0.15) is 49.4 Å². The molecular weight excluding hydrogens is 350 g/mol. The topological polar surface area (TPSA) is 20.3 Å². The number of hydrogen-bond acceptors (Lipinski definition) is 1. The fraction of sp³-hybridized carbons (Fsp3) is 0.588. The minimum atomic E-state index is 0.141. The average Bonchev–Trinajstić information content (AvgIpc) is 2.46. The lowest BCUT2D eigenvalue weighted by molar-refractivity contribution is 0.0217. The molecule has 1 aromatic carbocycles. The van der Waals surface area contributed by atoms with Crippen molar-refractivity contribution in [3.05, 3.63) is 33.3 Å². The van der Waals surface area contributed by atoms with Crippen molar-refractivity contribution in [1.29, 1.82) is 0 Å². The Kier molecular flexibility index (Phi) is 4.60. The zero-order valence-corrected chi connectivity index (χ0v) is 14.7. The molecular formula is C17H21BrClNO. The van der Waals surface area contributed by atoms with Crippen molar-refractivity contribution >= 4 is 33.4 Å². The minimum Gasteiger partial charge on any atom is -0.335 e. The molecule has 3 rings (SSSR count). The van der Waals surface area contributed by atoms with Gasteiger partial charge in [0.2, 0.25) is 0 Å². The number of piperidine rings is 1. The molecule has 2 fully saturated rings. The van der Waals surface area contributed by atoms with Crippen LogP contribution in [-0.4, -0.2) is 23.4 Å². The highest BCUT2D eigenvalue weighted by molar-refractivity contribution is 9.10. The van der Waals surface area contributed by atoms with E-state index in [9.17, 15) is 4.79 Å². The van der Waals surface area contributed by atoms with Gasteiger partial charge >= 0.3 is 0 Å². The van der Waals surface area contributed by atoms with Gasteiger partial charge in [-0.3, -0.25) is 4.79 Å². The third kappa shape index (κ3) is 3.14. The Morgan fingerprint density at radius 2 is 2.00 bits per heavy atom. The van der Waals surface area contributed by atoms with Gasteiger partial charge in [0.05, 0.1) is 0 Å². The summed E-state index contributed by atoms with van der Waals surface area (Å²) in [7, 11) is 0. The van der Waals surface area contributed by atoms with E-state index in [-0.39, 0.29) is 5.91 Å². The molecule has 21 heavy (non-hydrogen) atoms. The van der Waals surface area contributed by atoms with E-state index in [0.717, 1.165) is 29.8 Å². The van der Waals surface area contributed by atoms with Crippen LogP contribution in [0.3, 0.4) is 0 Å². The summed E-state index contributed by atoms with van der Waals surface area (Å²) in [6.45, 7) is 3.23. The van der Waals surface area contributed by atoms with Crippen molar-refractivity contribution < 1.29 is 4.79 Å². The zero-order valence-electron chi connectivity index (χ0n) is 12.3. The van der Waals surface area contributed by atoms with Crippen molar-refractivity contribution in [2.24, 2.45) is 11.8 Å². The molecule has 0 radical (unpaired) electrons. The molecule has 2 nitrogen and oxygen atoms in total. The third-order valence-electron chi connectivity index (χ3n) is 5.11. The predicted octanol–water partition coefficient (Wildman–Crippen LogP) is 5.14. The van der Waals surface area contributed by atoms with Crippen LogP contribution in [0.25, 0.3) is 0 Å². The first-order valence-electron chi connectivity index (χ1n) is 7.83. The summed E-state index contributed by atoms with van der Waals surface area (Å²) in [6, 6.07) is 5.90. The molecule has 2 aliphatic rings. The van der Waals surface area contributed by atoms with E-state index in [0.29, 0.717) is 22.5 Å². The predicted molar refractivity (Wildman–Crippen MR) is 89.7 cm³/mol. The summed E-state index contributed by atoms with van der Waals surface area (Å²) in [6.07, 6.45) is 6.11. The first-order valence-corrected chi connectivity index (χ1v) is 9.00. The molecule has 1 saturated heterocycles. The van der Waals surface area contributed by atoms with Crippen LogP contribution in [0.2, 0.25) is 5.02 Å². The maximum atomic E-state index is 12.9. The minimum absolute atomic E-state index is 0.141. The molecule has 3 unspecified atom stereocenters. The van der Waals surface area contributed by atoms with E-state index in [1.54, 1.807) is 6.07 Å². The second-order valence-electron chi connectivity index (χ2n) is 6.44. The SMILES string of the molecule is CC1CCN(C(=O)c2cc(Cl)cc(Br)c2)C2CCCCC12. The maximum absolute atomic E-state index is 12.9. The van der Waals surface area contributed by atoms with Gasteiger partial charge in [-0.25, -0.2) is 0 Å². The Morgan fingerprint density at radius 1 is 1.24 bits per heavy atom. The van der Waals surface area contributed by atoms with Crippen molar-refractivity contribution in [1.82, 2.24) is 4.90 Å². The van der Waals surface area contributed by atoms with Gasteiger partial charge in [0.25, 0.3) is 5.91 Å². The summed E-state index contributed by atoms with van der Waals surface area (Å²) in [5.74, 6) is 1.56. The smallest absolute Gasteiger partial charge is 0.254 e. The number of fused-ring (bicyclic) bond motifs is 1. The lowest BCUT2D eigenvalue weighted by Gasteiger charge is -2.47. The van der Waals surface area contributed by atoms with Gasteiger partial charge in [0, 0.05) is 27.6 Å². The van der Waals surface area contributed by atoms with E-state index in [2.05, 4.69) is 27.8 Å². The molecule has 1 aromatic rings. The number of carbonyl (C=O) groups is 1. The van der Waals surface area contributed by atoms with Crippen molar-refractivity contribution in [3.63, 3.8) is 0 Å². The molecule has 114 valence electrons. The number of amides is 1. The second kappa shape index (κ2) is 6.29. The number of likely N-dealkylation sites (tertiary alicyclic amines) is 1. The molecule has 1 saturated carbocycles. The number of hydrogen-bond donors (Lipinski definition) is 0. The maximum Gasteiger partial charge on any atom is 0.254 e. The van der Waals surface area contributed by atoms with Gasteiger partial charge < -0.3 is 4.90 Å². The quantitative estimate of drug-likeness (QED) is 0.670. The van der Waals surface area contributed by atoms with Crippen LogP contribution >= 0.6 is 27.5 Å².